The van der Waals surface area contributed by atoms with Crippen LogP contribution in [-0.2, 0) is 17.1 Å². The van der Waals surface area contributed by atoms with E-state index in [1.807, 2.05) is 0 Å². The van der Waals surface area contributed by atoms with Crippen molar-refractivity contribution in [3.63, 3.8) is 0 Å². The SMILES string of the molecule is Cn1cnc(N)c1S(=O)(=O)Nc1ncc(Br)s1. The fourth-order valence-electron chi connectivity index (χ4n) is 1.23. The van der Waals surface area contributed by atoms with Crippen molar-refractivity contribution in [1.82, 2.24) is 14.5 Å². The minimum Gasteiger partial charge on any atom is -0.381 e. The standard InChI is InChI=1S/C7H8BrN5O2S2/c1-13-3-11-5(9)6(13)17(14,15)12-7-10-2-4(8)16-7/h2-3H,9H2,1H3,(H,10,12). The average molecular weight is 338 g/mol. The Labute approximate surface area is 110 Å². The molecule has 0 radical (unpaired) electrons. The van der Waals surface area contributed by atoms with Crippen LogP contribution in [0.3, 0.4) is 0 Å². The van der Waals surface area contributed by atoms with Gasteiger partial charge in [0.15, 0.2) is 16.0 Å². The van der Waals surface area contributed by atoms with Crippen molar-refractivity contribution in [3.05, 3.63) is 16.3 Å². The highest BCUT2D eigenvalue weighted by atomic mass is 79.9. The van der Waals surface area contributed by atoms with Crippen molar-refractivity contribution < 1.29 is 8.42 Å². The molecule has 2 heterocycles. The van der Waals surface area contributed by atoms with Gasteiger partial charge in [0.05, 0.1) is 16.3 Å². The second-order valence-electron chi connectivity index (χ2n) is 3.12. The third kappa shape index (κ3) is 2.42. The third-order valence-corrected chi connectivity index (χ3v) is 4.85. The van der Waals surface area contributed by atoms with Gasteiger partial charge in [0.25, 0.3) is 10.0 Å². The van der Waals surface area contributed by atoms with Gasteiger partial charge in [0.2, 0.25) is 0 Å². The Morgan fingerprint density at radius 3 is 2.71 bits per heavy atom. The fraction of sp³-hybridized carbons (Fsp3) is 0.143. The molecule has 10 heteroatoms. The maximum absolute atomic E-state index is 12.0. The van der Waals surface area contributed by atoms with Crippen LogP contribution in [0, 0.1) is 0 Å². The number of nitrogens with zero attached hydrogens (tertiary/aromatic N) is 3. The van der Waals surface area contributed by atoms with Gasteiger partial charge in [-0.15, -0.1) is 0 Å². The number of aromatic nitrogens is 3. The molecule has 0 amide bonds. The highest BCUT2D eigenvalue weighted by molar-refractivity contribution is 9.11. The predicted octanol–water partition coefficient (Wildman–Crippen LogP) is 1.02. The van der Waals surface area contributed by atoms with E-state index in [0.717, 1.165) is 3.79 Å². The Kier molecular flexibility index (Phi) is 3.10. The molecule has 2 rings (SSSR count). The number of rotatable bonds is 3. The van der Waals surface area contributed by atoms with E-state index in [1.165, 1.54) is 28.4 Å². The van der Waals surface area contributed by atoms with Crippen molar-refractivity contribution >= 4 is 48.2 Å². The van der Waals surface area contributed by atoms with E-state index in [0.29, 0.717) is 0 Å². The Morgan fingerprint density at radius 2 is 2.24 bits per heavy atom. The quantitative estimate of drug-likeness (QED) is 0.870. The van der Waals surface area contributed by atoms with Crippen LogP contribution in [0.5, 0.6) is 0 Å². The maximum Gasteiger partial charge on any atom is 0.283 e. The lowest BCUT2D eigenvalue weighted by atomic mass is 10.8. The van der Waals surface area contributed by atoms with Gasteiger partial charge >= 0.3 is 0 Å². The topological polar surface area (TPSA) is 103 Å². The molecular formula is C7H8BrN5O2S2. The smallest absolute Gasteiger partial charge is 0.283 e. The van der Waals surface area contributed by atoms with Gasteiger partial charge in [-0.2, -0.15) is 8.42 Å². The van der Waals surface area contributed by atoms with Crippen molar-refractivity contribution in [2.45, 2.75) is 5.03 Å². The molecule has 17 heavy (non-hydrogen) atoms. The lowest BCUT2D eigenvalue weighted by Crippen LogP contribution is -2.17. The van der Waals surface area contributed by atoms with Crippen LogP contribution in [0.2, 0.25) is 0 Å². The Balaban J connectivity index is 2.38. The summed E-state index contributed by atoms with van der Waals surface area (Å²) in [5, 5.41) is 0.182. The van der Waals surface area contributed by atoms with Crippen molar-refractivity contribution in [2.24, 2.45) is 7.05 Å². The number of hydrogen-bond donors (Lipinski definition) is 2. The number of anilines is 2. The second kappa shape index (κ2) is 4.27. The predicted molar refractivity (Wildman–Crippen MR) is 68.2 cm³/mol. The summed E-state index contributed by atoms with van der Waals surface area (Å²) < 4.78 is 28.4. The van der Waals surface area contributed by atoms with E-state index in [-0.39, 0.29) is 16.0 Å². The van der Waals surface area contributed by atoms with Crippen molar-refractivity contribution in [2.75, 3.05) is 10.5 Å². The normalized spacial score (nSPS) is 11.6. The summed E-state index contributed by atoms with van der Waals surface area (Å²) in [5.41, 5.74) is 5.51. The van der Waals surface area contributed by atoms with E-state index >= 15 is 0 Å². The Morgan fingerprint density at radius 1 is 1.53 bits per heavy atom. The first-order valence-corrected chi connectivity index (χ1v) is 7.40. The molecule has 0 aliphatic heterocycles. The molecule has 92 valence electrons. The molecule has 2 aromatic heterocycles. The minimum absolute atomic E-state index is 0.0457. The highest BCUT2D eigenvalue weighted by Crippen LogP contribution is 2.26. The summed E-state index contributed by atoms with van der Waals surface area (Å²) in [7, 11) is -2.21. The lowest BCUT2D eigenvalue weighted by Gasteiger charge is -2.05. The maximum atomic E-state index is 12.0. The van der Waals surface area contributed by atoms with Gasteiger partial charge in [-0.05, 0) is 15.9 Å². The Bertz CT molecular complexity index is 628. The van der Waals surface area contributed by atoms with Crippen LogP contribution >= 0.6 is 27.3 Å². The van der Waals surface area contributed by atoms with Gasteiger partial charge in [-0.1, -0.05) is 11.3 Å². The van der Waals surface area contributed by atoms with E-state index in [4.69, 9.17) is 5.73 Å². The fourth-order valence-corrected chi connectivity index (χ4v) is 3.82. The second-order valence-corrected chi connectivity index (χ2v) is 7.13. The molecule has 0 aliphatic rings. The minimum atomic E-state index is -3.77. The molecule has 0 saturated carbocycles. The van der Waals surface area contributed by atoms with Gasteiger partial charge in [0, 0.05) is 7.05 Å². The van der Waals surface area contributed by atoms with Crippen LogP contribution in [0.1, 0.15) is 0 Å². The monoisotopic (exact) mass is 337 g/mol. The van der Waals surface area contributed by atoms with Crippen molar-refractivity contribution in [1.29, 1.82) is 0 Å². The molecule has 0 atom stereocenters. The van der Waals surface area contributed by atoms with Crippen molar-refractivity contribution in [3.8, 4) is 0 Å². The average Bonchev–Trinajstić information content (AvgIpc) is 2.73. The number of imidazole rings is 1. The number of nitrogens with one attached hydrogen (secondary N) is 1. The van der Waals surface area contributed by atoms with Gasteiger partial charge in [-0.3, -0.25) is 4.72 Å². The molecule has 7 nitrogen and oxygen atoms in total. The van der Waals surface area contributed by atoms with Crippen LogP contribution in [0.15, 0.2) is 21.3 Å². The van der Waals surface area contributed by atoms with Gasteiger partial charge in [-0.25, -0.2) is 9.97 Å². The highest BCUT2D eigenvalue weighted by Gasteiger charge is 2.23. The van der Waals surface area contributed by atoms with E-state index in [2.05, 4.69) is 30.6 Å². The summed E-state index contributed by atoms with van der Waals surface area (Å²) in [6.45, 7) is 0. The number of halogens is 1. The third-order valence-electron chi connectivity index (χ3n) is 1.86. The molecule has 0 aromatic carbocycles. The first kappa shape index (κ1) is 12.3. The summed E-state index contributed by atoms with van der Waals surface area (Å²) in [6.07, 6.45) is 2.84. The number of sulfonamides is 1. The lowest BCUT2D eigenvalue weighted by molar-refractivity contribution is 0.592. The number of nitrogens with two attached hydrogens (primary N) is 1. The number of thiazole rings is 1. The number of aryl methyl sites for hydroxylation is 1. The van der Waals surface area contributed by atoms with Crippen LogP contribution in [0.25, 0.3) is 0 Å². The first-order valence-electron chi connectivity index (χ1n) is 4.31. The number of nitrogen functional groups attached to an aromatic ring is 1. The summed E-state index contributed by atoms with van der Waals surface area (Å²) in [5.74, 6) is -0.0457. The van der Waals surface area contributed by atoms with Gasteiger partial charge < -0.3 is 10.3 Å². The number of hydrogen-bond acceptors (Lipinski definition) is 6. The zero-order valence-electron chi connectivity index (χ0n) is 8.58. The van der Waals surface area contributed by atoms with E-state index in [9.17, 15) is 8.42 Å². The molecule has 0 unspecified atom stereocenters. The van der Waals surface area contributed by atoms with Crippen LogP contribution < -0.4 is 10.5 Å². The first-order chi connectivity index (χ1) is 7.90. The molecule has 3 N–H and O–H groups in total. The van der Waals surface area contributed by atoms with Crippen LogP contribution in [0.4, 0.5) is 10.9 Å². The van der Waals surface area contributed by atoms with Gasteiger partial charge in [0.1, 0.15) is 0 Å². The molecule has 0 bridgehead atoms. The Hall–Kier alpha value is -1.13. The zero-order chi connectivity index (χ0) is 12.6. The molecular weight excluding hydrogens is 330 g/mol. The molecule has 0 aliphatic carbocycles. The van der Waals surface area contributed by atoms with Crippen LogP contribution in [-0.4, -0.2) is 23.0 Å². The summed E-state index contributed by atoms with van der Waals surface area (Å²) in [6, 6.07) is 0. The molecule has 0 fully saturated rings. The largest absolute Gasteiger partial charge is 0.381 e. The van der Waals surface area contributed by atoms with E-state index < -0.39 is 10.0 Å². The summed E-state index contributed by atoms with van der Waals surface area (Å²) in [4.78, 5) is 7.61. The molecule has 2 aromatic rings. The molecule has 0 spiro atoms. The molecule has 0 saturated heterocycles. The zero-order valence-corrected chi connectivity index (χ0v) is 11.8. The van der Waals surface area contributed by atoms with E-state index in [1.54, 1.807) is 7.05 Å². The summed E-state index contributed by atoms with van der Waals surface area (Å²) >= 11 is 4.36.